The number of rotatable bonds is 7. The topological polar surface area (TPSA) is 40.5 Å². The molecule has 3 rings (SSSR count). The Morgan fingerprint density at radius 3 is 2.23 bits per heavy atom. The van der Waals surface area contributed by atoms with Crippen LogP contribution in [0, 0.1) is 23.7 Å². The van der Waals surface area contributed by atoms with Gasteiger partial charge in [0.2, 0.25) is 0 Å². The monoisotopic (exact) mass is 426 g/mol. The molecule has 31 heavy (non-hydrogen) atoms. The van der Waals surface area contributed by atoms with Crippen LogP contribution in [0.25, 0.3) is 0 Å². The van der Waals surface area contributed by atoms with Crippen molar-refractivity contribution < 1.29 is 10.2 Å². The van der Waals surface area contributed by atoms with Crippen molar-refractivity contribution in [3.63, 3.8) is 0 Å². The standard InChI is InChI=1S/C29H46O2/c1-7-8-14-29(5,6)22-16-26(30)28(27(31)17-22)25-15-20(4)24(18-23(25)19(2)3)21-12-10-9-11-13-21/h16-17,20-21,23-25,30-31H,2,7-15,18H2,1,3-6H3. The van der Waals surface area contributed by atoms with E-state index in [1.807, 2.05) is 12.1 Å². The average Bonchev–Trinajstić information content (AvgIpc) is 2.72. The van der Waals surface area contributed by atoms with Crippen LogP contribution in [-0.2, 0) is 5.41 Å². The molecule has 0 amide bonds. The van der Waals surface area contributed by atoms with Crippen LogP contribution in [0.15, 0.2) is 24.3 Å². The van der Waals surface area contributed by atoms with E-state index in [4.69, 9.17) is 0 Å². The molecule has 0 aromatic heterocycles. The molecule has 4 unspecified atom stereocenters. The van der Waals surface area contributed by atoms with Crippen LogP contribution in [0.5, 0.6) is 11.5 Å². The number of hydrogen-bond donors (Lipinski definition) is 2. The molecule has 2 aliphatic rings. The number of allylic oxidation sites excluding steroid dienone is 1. The summed E-state index contributed by atoms with van der Waals surface area (Å²) in [5.41, 5.74) is 2.94. The summed E-state index contributed by atoms with van der Waals surface area (Å²) in [4.78, 5) is 0. The van der Waals surface area contributed by atoms with Crippen molar-refractivity contribution >= 4 is 0 Å². The van der Waals surface area contributed by atoms with Crippen LogP contribution >= 0.6 is 0 Å². The molecule has 4 atom stereocenters. The maximum Gasteiger partial charge on any atom is 0.123 e. The molecule has 2 saturated carbocycles. The van der Waals surface area contributed by atoms with Crippen LogP contribution in [-0.4, -0.2) is 10.2 Å². The molecule has 0 radical (unpaired) electrons. The van der Waals surface area contributed by atoms with Crippen molar-refractivity contribution in [3.8, 4) is 11.5 Å². The third-order valence-corrected chi connectivity index (χ3v) is 8.70. The van der Waals surface area contributed by atoms with E-state index < -0.39 is 0 Å². The molecular weight excluding hydrogens is 380 g/mol. The molecule has 2 heteroatoms. The molecule has 174 valence electrons. The first-order valence-corrected chi connectivity index (χ1v) is 12.9. The molecule has 2 N–H and O–H groups in total. The predicted octanol–water partition coefficient (Wildman–Crippen LogP) is 8.47. The van der Waals surface area contributed by atoms with E-state index in [1.165, 1.54) is 37.7 Å². The zero-order valence-electron chi connectivity index (χ0n) is 20.7. The summed E-state index contributed by atoms with van der Waals surface area (Å²) >= 11 is 0. The second-order valence-electron chi connectivity index (χ2n) is 11.5. The summed E-state index contributed by atoms with van der Waals surface area (Å²) in [7, 11) is 0. The van der Waals surface area contributed by atoms with Gasteiger partial charge in [0.15, 0.2) is 0 Å². The van der Waals surface area contributed by atoms with Gasteiger partial charge in [0.1, 0.15) is 11.5 Å². The van der Waals surface area contributed by atoms with E-state index in [0.29, 0.717) is 11.8 Å². The number of benzene rings is 1. The van der Waals surface area contributed by atoms with Gasteiger partial charge in [-0.2, -0.15) is 0 Å². The van der Waals surface area contributed by atoms with Gasteiger partial charge in [-0.3, -0.25) is 0 Å². The van der Waals surface area contributed by atoms with E-state index in [-0.39, 0.29) is 22.8 Å². The van der Waals surface area contributed by atoms with Gasteiger partial charge in [0.05, 0.1) is 0 Å². The summed E-state index contributed by atoms with van der Waals surface area (Å²) in [5.74, 6) is 3.24. The molecule has 2 aliphatic carbocycles. The van der Waals surface area contributed by atoms with E-state index >= 15 is 0 Å². The Balaban J connectivity index is 1.89. The average molecular weight is 427 g/mol. The molecule has 1 aromatic carbocycles. The van der Waals surface area contributed by atoms with Gasteiger partial charge in [-0.05, 0) is 78.9 Å². The van der Waals surface area contributed by atoms with Gasteiger partial charge >= 0.3 is 0 Å². The summed E-state index contributed by atoms with van der Waals surface area (Å²) in [5, 5.41) is 22.2. The summed E-state index contributed by atoms with van der Waals surface area (Å²) in [6.45, 7) is 15.5. The summed E-state index contributed by atoms with van der Waals surface area (Å²) in [6, 6.07) is 3.86. The van der Waals surface area contributed by atoms with Crippen molar-refractivity contribution in [1.29, 1.82) is 0 Å². The lowest BCUT2D eigenvalue weighted by Crippen LogP contribution is -2.35. The van der Waals surface area contributed by atoms with E-state index in [1.54, 1.807) is 0 Å². The van der Waals surface area contributed by atoms with Gasteiger partial charge < -0.3 is 10.2 Å². The molecule has 0 spiro atoms. The van der Waals surface area contributed by atoms with Gasteiger partial charge in [-0.25, -0.2) is 0 Å². The number of phenolic OH excluding ortho intramolecular Hbond substituents is 2. The summed E-state index contributed by atoms with van der Waals surface area (Å²) < 4.78 is 0. The van der Waals surface area contributed by atoms with Gasteiger partial charge in [-0.1, -0.05) is 84.8 Å². The number of phenols is 2. The molecular formula is C29H46O2. The van der Waals surface area contributed by atoms with Gasteiger partial charge in [0.25, 0.3) is 0 Å². The Hall–Kier alpha value is -1.44. The Bertz CT molecular complexity index is 733. The highest BCUT2D eigenvalue weighted by Crippen LogP contribution is 2.54. The predicted molar refractivity (Wildman–Crippen MR) is 132 cm³/mol. The number of unbranched alkanes of at least 4 members (excludes halogenated alkanes) is 1. The Morgan fingerprint density at radius 1 is 1.06 bits per heavy atom. The van der Waals surface area contributed by atoms with Crippen LogP contribution in [0.1, 0.15) is 116 Å². The van der Waals surface area contributed by atoms with Gasteiger partial charge in [0, 0.05) is 5.56 Å². The third-order valence-electron chi connectivity index (χ3n) is 8.70. The van der Waals surface area contributed by atoms with Crippen molar-refractivity contribution in [2.24, 2.45) is 23.7 Å². The molecule has 1 aromatic rings. The largest absolute Gasteiger partial charge is 0.508 e. The lowest BCUT2D eigenvalue weighted by molar-refractivity contribution is 0.101. The fourth-order valence-electron chi connectivity index (χ4n) is 6.67. The van der Waals surface area contributed by atoms with Crippen LogP contribution in [0.2, 0.25) is 0 Å². The lowest BCUT2D eigenvalue weighted by Gasteiger charge is -2.45. The first-order valence-electron chi connectivity index (χ1n) is 12.9. The molecule has 0 bridgehead atoms. The van der Waals surface area contributed by atoms with Gasteiger partial charge in [-0.15, -0.1) is 0 Å². The summed E-state index contributed by atoms with van der Waals surface area (Å²) in [6.07, 6.45) is 12.4. The highest BCUT2D eigenvalue weighted by molar-refractivity contribution is 5.51. The first kappa shape index (κ1) is 24.2. The third kappa shape index (κ3) is 5.32. The minimum atomic E-state index is -0.0524. The Morgan fingerprint density at radius 2 is 1.68 bits per heavy atom. The number of aromatic hydroxyl groups is 2. The van der Waals surface area contributed by atoms with E-state index in [0.717, 1.165) is 55.1 Å². The zero-order valence-corrected chi connectivity index (χ0v) is 20.7. The second kappa shape index (κ2) is 10.0. The molecule has 2 fully saturated rings. The van der Waals surface area contributed by atoms with Crippen molar-refractivity contribution in [2.75, 3.05) is 0 Å². The SMILES string of the molecule is C=C(C)C1CC(C2CCCCC2)C(C)CC1c1c(O)cc(C(C)(C)CCCC)cc1O. The fraction of sp³-hybridized carbons (Fsp3) is 0.724. The fourth-order valence-corrected chi connectivity index (χ4v) is 6.67. The molecule has 2 nitrogen and oxygen atoms in total. The smallest absolute Gasteiger partial charge is 0.123 e. The maximum atomic E-state index is 11.1. The Kier molecular flexibility index (Phi) is 7.81. The minimum Gasteiger partial charge on any atom is -0.508 e. The van der Waals surface area contributed by atoms with Crippen molar-refractivity contribution in [1.82, 2.24) is 0 Å². The highest BCUT2D eigenvalue weighted by Gasteiger charge is 2.41. The molecule has 0 aliphatic heterocycles. The first-order chi connectivity index (χ1) is 14.7. The van der Waals surface area contributed by atoms with Crippen molar-refractivity contribution in [2.45, 2.75) is 110 Å². The van der Waals surface area contributed by atoms with E-state index in [2.05, 4.69) is 41.2 Å². The molecule has 0 saturated heterocycles. The van der Waals surface area contributed by atoms with E-state index in [9.17, 15) is 10.2 Å². The van der Waals surface area contributed by atoms with Crippen LogP contribution in [0.4, 0.5) is 0 Å². The lowest BCUT2D eigenvalue weighted by atomic mass is 9.59. The quantitative estimate of drug-likeness (QED) is 0.429. The highest BCUT2D eigenvalue weighted by atomic mass is 16.3. The van der Waals surface area contributed by atoms with Crippen LogP contribution < -0.4 is 0 Å². The van der Waals surface area contributed by atoms with Crippen molar-refractivity contribution in [3.05, 3.63) is 35.4 Å². The minimum absolute atomic E-state index is 0.0524. The second-order valence-corrected chi connectivity index (χ2v) is 11.5. The Labute approximate surface area is 191 Å². The zero-order chi connectivity index (χ0) is 22.8. The number of hydrogen-bond acceptors (Lipinski definition) is 2. The molecule has 0 heterocycles. The maximum absolute atomic E-state index is 11.1. The van der Waals surface area contributed by atoms with Crippen LogP contribution in [0.3, 0.4) is 0 Å². The normalized spacial score (nSPS) is 27.9.